The van der Waals surface area contributed by atoms with E-state index in [1.54, 1.807) is 24.3 Å². The van der Waals surface area contributed by atoms with Crippen LogP contribution in [0, 0.1) is 0 Å². The minimum Gasteiger partial charge on any atom is -0.344 e. The molecule has 0 spiro atoms. The molecule has 1 heterocycles. The number of aromatic nitrogens is 2. The minimum absolute atomic E-state index is 0.0632. The van der Waals surface area contributed by atoms with Crippen molar-refractivity contribution in [1.29, 1.82) is 0 Å². The Morgan fingerprint density at radius 1 is 1.53 bits per heavy atom. The van der Waals surface area contributed by atoms with Gasteiger partial charge in [0.15, 0.2) is 5.82 Å². The molecule has 0 radical (unpaired) electrons. The van der Waals surface area contributed by atoms with Crippen LogP contribution in [-0.2, 0) is 10.3 Å². The number of nitrogens with one attached hydrogen (secondary N) is 2. The molecule has 0 atom stereocenters. The molecule has 1 aliphatic carbocycles. The fraction of sp³-hybridized carbons (Fsp3) is 0.583. The summed E-state index contributed by atoms with van der Waals surface area (Å²) in [6, 6.07) is 0. The molecule has 1 aromatic rings. The molecule has 0 bridgehead atoms. The number of alkyl halides is 1. The summed E-state index contributed by atoms with van der Waals surface area (Å²) in [4.78, 5) is 20.0. The summed E-state index contributed by atoms with van der Waals surface area (Å²) in [5.74, 6) is 0.425. The van der Waals surface area contributed by atoms with Crippen molar-refractivity contribution in [1.82, 2.24) is 15.3 Å². The third kappa shape index (κ3) is 4.24. The number of anilines is 1. The fourth-order valence-corrected chi connectivity index (χ4v) is 2.32. The van der Waals surface area contributed by atoms with Crippen molar-refractivity contribution in [2.24, 2.45) is 0 Å². The molecule has 19 heavy (non-hydrogen) atoms. The number of carbonyl (C=O) groups excluding carboxylic acids is 1. The van der Waals surface area contributed by atoms with E-state index < -0.39 is 5.54 Å². The predicted molar refractivity (Wildman–Crippen MR) is 78.2 cm³/mol. The highest BCUT2D eigenvalue weighted by Crippen LogP contribution is 2.34. The molecule has 1 fully saturated rings. The Morgan fingerprint density at radius 3 is 2.89 bits per heavy atom. The lowest BCUT2D eigenvalue weighted by Gasteiger charge is -2.25. The second kappa shape index (κ2) is 5.96. The highest BCUT2D eigenvalue weighted by molar-refractivity contribution is 8.01. The zero-order valence-corrected chi connectivity index (χ0v) is 12.5. The van der Waals surface area contributed by atoms with Crippen molar-refractivity contribution in [2.75, 3.05) is 10.6 Å². The lowest BCUT2D eigenvalue weighted by atomic mass is 10.0. The first-order valence-electron chi connectivity index (χ1n) is 6.12. The summed E-state index contributed by atoms with van der Waals surface area (Å²) in [7, 11) is 0. The van der Waals surface area contributed by atoms with Crippen molar-refractivity contribution in [3.05, 3.63) is 18.1 Å². The number of nitrogens with zero attached hydrogens (tertiary/aromatic N) is 2. The quantitative estimate of drug-likeness (QED) is 0.623. The first kappa shape index (κ1) is 14.4. The normalized spacial score (nSPS) is 15.1. The summed E-state index contributed by atoms with van der Waals surface area (Å²) in [5.41, 5.74) is 0.105. The zero-order chi connectivity index (χ0) is 13.9. The van der Waals surface area contributed by atoms with Crippen LogP contribution in [0.2, 0.25) is 0 Å². The second-order valence-corrected chi connectivity index (χ2v) is 6.39. The number of halogens is 1. The van der Waals surface area contributed by atoms with Crippen LogP contribution in [0.4, 0.5) is 5.82 Å². The first-order valence-corrected chi connectivity index (χ1v) is 7.54. The van der Waals surface area contributed by atoms with Gasteiger partial charge in [0.05, 0.1) is 23.6 Å². The average Bonchev–Trinajstić information content (AvgIpc) is 3.20. The Labute approximate surface area is 122 Å². The number of hydrogen-bond acceptors (Lipinski definition) is 5. The largest absolute Gasteiger partial charge is 0.344 e. The van der Waals surface area contributed by atoms with Gasteiger partial charge in [0.1, 0.15) is 5.88 Å². The number of rotatable bonds is 6. The molecule has 0 unspecified atom stereocenters. The van der Waals surface area contributed by atoms with E-state index in [4.69, 9.17) is 11.6 Å². The molecule has 7 heteroatoms. The van der Waals surface area contributed by atoms with Crippen molar-refractivity contribution >= 4 is 35.3 Å². The standard InChI is InChI=1S/C12H17ClN4OS/c1-12(2,16-11(18)5-13)9-6-14-7-10(15-9)17-19-8-3-4-8/h6-8H,3-5H2,1-2H3,(H,15,17)(H,16,18). The molecule has 1 amide bonds. The van der Waals surface area contributed by atoms with E-state index in [-0.39, 0.29) is 11.8 Å². The molecule has 2 rings (SSSR count). The summed E-state index contributed by atoms with van der Waals surface area (Å²) in [6.45, 7) is 3.75. The van der Waals surface area contributed by atoms with Crippen LogP contribution in [0.25, 0.3) is 0 Å². The maximum absolute atomic E-state index is 11.4. The van der Waals surface area contributed by atoms with Crippen LogP contribution >= 0.6 is 23.5 Å². The highest BCUT2D eigenvalue weighted by Gasteiger charge is 2.25. The van der Waals surface area contributed by atoms with E-state index in [0.717, 1.165) is 0 Å². The first-order chi connectivity index (χ1) is 9.01. The van der Waals surface area contributed by atoms with Gasteiger partial charge in [-0.25, -0.2) is 4.98 Å². The molecule has 1 saturated carbocycles. The van der Waals surface area contributed by atoms with Gasteiger partial charge < -0.3 is 10.0 Å². The Morgan fingerprint density at radius 2 is 2.26 bits per heavy atom. The lowest BCUT2D eigenvalue weighted by Crippen LogP contribution is -2.42. The van der Waals surface area contributed by atoms with Gasteiger partial charge in [-0.3, -0.25) is 9.78 Å². The Hall–Kier alpha value is -1.01. The van der Waals surface area contributed by atoms with E-state index in [2.05, 4.69) is 20.0 Å². The van der Waals surface area contributed by atoms with Gasteiger partial charge in [-0.05, 0) is 38.6 Å². The number of carbonyl (C=O) groups is 1. The number of amides is 1. The average molecular weight is 301 g/mol. The summed E-state index contributed by atoms with van der Waals surface area (Å²) >= 11 is 7.18. The van der Waals surface area contributed by atoms with Crippen LogP contribution in [0.5, 0.6) is 0 Å². The van der Waals surface area contributed by atoms with Crippen LogP contribution in [0.15, 0.2) is 12.4 Å². The van der Waals surface area contributed by atoms with E-state index in [1.165, 1.54) is 12.8 Å². The van der Waals surface area contributed by atoms with E-state index >= 15 is 0 Å². The van der Waals surface area contributed by atoms with Gasteiger partial charge in [0, 0.05) is 5.25 Å². The Kier molecular flexibility index (Phi) is 4.52. The smallest absolute Gasteiger partial charge is 0.235 e. The van der Waals surface area contributed by atoms with Gasteiger partial charge >= 0.3 is 0 Å². The van der Waals surface area contributed by atoms with Crippen molar-refractivity contribution < 1.29 is 4.79 Å². The number of hydrogen-bond donors (Lipinski definition) is 2. The van der Waals surface area contributed by atoms with E-state index in [9.17, 15) is 4.79 Å². The van der Waals surface area contributed by atoms with E-state index in [0.29, 0.717) is 16.8 Å². The molecule has 0 aliphatic heterocycles. The molecule has 0 aromatic carbocycles. The molecule has 5 nitrogen and oxygen atoms in total. The van der Waals surface area contributed by atoms with Crippen molar-refractivity contribution in [2.45, 2.75) is 37.5 Å². The Balaban J connectivity index is 2.04. The van der Waals surface area contributed by atoms with Crippen molar-refractivity contribution in [3.8, 4) is 0 Å². The van der Waals surface area contributed by atoms with Gasteiger partial charge in [-0.2, -0.15) is 0 Å². The third-order valence-electron chi connectivity index (χ3n) is 2.70. The highest BCUT2D eigenvalue weighted by atomic mass is 35.5. The molecule has 104 valence electrons. The molecule has 0 saturated heterocycles. The topological polar surface area (TPSA) is 66.9 Å². The van der Waals surface area contributed by atoms with Crippen LogP contribution in [-0.4, -0.2) is 27.0 Å². The third-order valence-corrected chi connectivity index (χ3v) is 4.08. The minimum atomic E-state index is -0.596. The fourth-order valence-electron chi connectivity index (χ4n) is 1.49. The summed E-state index contributed by atoms with van der Waals surface area (Å²) < 4.78 is 3.19. The molecular formula is C12H17ClN4OS. The van der Waals surface area contributed by atoms with Crippen LogP contribution in [0.1, 0.15) is 32.4 Å². The molecular weight excluding hydrogens is 284 g/mol. The summed E-state index contributed by atoms with van der Waals surface area (Å²) in [6.07, 6.45) is 5.84. The lowest BCUT2D eigenvalue weighted by molar-refractivity contribution is -0.120. The molecule has 1 aromatic heterocycles. The Bertz CT molecular complexity index is 465. The maximum Gasteiger partial charge on any atom is 0.235 e. The monoisotopic (exact) mass is 300 g/mol. The van der Waals surface area contributed by atoms with Crippen LogP contribution in [0.3, 0.4) is 0 Å². The van der Waals surface area contributed by atoms with Gasteiger partial charge in [0.2, 0.25) is 5.91 Å². The summed E-state index contributed by atoms with van der Waals surface area (Å²) in [5, 5.41) is 3.51. The zero-order valence-electron chi connectivity index (χ0n) is 10.9. The van der Waals surface area contributed by atoms with Gasteiger partial charge in [-0.1, -0.05) is 0 Å². The molecule has 2 N–H and O–H groups in total. The molecule has 1 aliphatic rings. The SMILES string of the molecule is CC(C)(NC(=O)CCl)c1cncc(NSC2CC2)n1. The maximum atomic E-state index is 11.4. The van der Waals surface area contributed by atoms with Crippen molar-refractivity contribution in [3.63, 3.8) is 0 Å². The second-order valence-electron chi connectivity index (χ2n) is 5.02. The van der Waals surface area contributed by atoms with Gasteiger partial charge in [-0.15, -0.1) is 11.6 Å². The predicted octanol–water partition coefficient (Wildman–Crippen LogP) is 2.29. The van der Waals surface area contributed by atoms with Gasteiger partial charge in [0.25, 0.3) is 0 Å². The van der Waals surface area contributed by atoms with E-state index in [1.807, 2.05) is 13.8 Å². The van der Waals surface area contributed by atoms with Crippen LogP contribution < -0.4 is 10.0 Å².